The van der Waals surface area contributed by atoms with Crippen LogP contribution in [0.3, 0.4) is 0 Å². The molecule has 1 nitrogen and oxygen atoms in total. The Hall–Kier alpha value is -1.12. The molecule has 1 saturated heterocycles. The molecule has 0 N–H and O–H groups in total. The summed E-state index contributed by atoms with van der Waals surface area (Å²) in [5, 5.41) is 4.47. The minimum atomic E-state index is 0.841. The minimum absolute atomic E-state index is 0.841. The summed E-state index contributed by atoms with van der Waals surface area (Å²) in [6.07, 6.45) is 5.21. The van der Waals surface area contributed by atoms with Crippen LogP contribution in [0.15, 0.2) is 47.2 Å². The average Bonchev–Trinajstić information content (AvgIpc) is 3.00. The van der Waals surface area contributed by atoms with Crippen molar-refractivity contribution >= 4 is 11.3 Å². The van der Waals surface area contributed by atoms with Crippen LogP contribution in [0.2, 0.25) is 0 Å². The molecule has 1 aliphatic heterocycles. The Kier molecular flexibility index (Phi) is 4.88. The van der Waals surface area contributed by atoms with E-state index in [0.29, 0.717) is 0 Å². The highest BCUT2D eigenvalue weighted by Crippen LogP contribution is 2.21. The first-order chi connectivity index (χ1) is 9.90. The number of likely N-dealkylation sites (tertiary alicyclic amines) is 1. The summed E-state index contributed by atoms with van der Waals surface area (Å²) in [5.74, 6) is 0.841. The van der Waals surface area contributed by atoms with Crippen LogP contribution >= 0.6 is 11.3 Å². The Morgan fingerprint density at radius 2 is 2.00 bits per heavy atom. The lowest BCUT2D eigenvalue weighted by Crippen LogP contribution is -2.37. The maximum absolute atomic E-state index is 2.66. The fourth-order valence-corrected chi connectivity index (χ4v) is 3.89. The van der Waals surface area contributed by atoms with Crippen molar-refractivity contribution < 1.29 is 0 Å². The Morgan fingerprint density at radius 3 is 2.80 bits per heavy atom. The van der Waals surface area contributed by atoms with Gasteiger partial charge in [0.2, 0.25) is 0 Å². The number of piperidine rings is 1. The van der Waals surface area contributed by atoms with Gasteiger partial charge in [-0.2, -0.15) is 11.3 Å². The molecule has 1 unspecified atom stereocenters. The molecule has 0 saturated carbocycles. The smallest absolute Gasteiger partial charge is 0.00222 e. The van der Waals surface area contributed by atoms with E-state index in [-0.39, 0.29) is 0 Å². The summed E-state index contributed by atoms with van der Waals surface area (Å²) in [6.45, 7) is 3.79. The molecule has 0 bridgehead atoms. The molecule has 3 rings (SSSR count). The SMILES string of the molecule is c1ccc(CC2CCCN(CCc3ccsc3)C2)cc1. The van der Waals surface area contributed by atoms with Gasteiger partial charge in [-0.3, -0.25) is 0 Å². The van der Waals surface area contributed by atoms with E-state index in [1.54, 1.807) is 0 Å². The molecule has 1 aromatic carbocycles. The second-order valence-electron chi connectivity index (χ2n) is 5.88. The monoisotopic (exact) mass is 285 g/mol. The summed E-state index contributed by atoms with van der Waals surface area (Å²) < 4.78 is 0. The van der Waals surface area contributed by atoms with E-state index < -0.39 is 0 Å². The van der Waals surface area contributed by atoms with Crippen LogP contribution in [-0.2, 0) is 12.8 Å². The predicted molar refractivity (Wildman–Crippen MR) is 87.3 cm³/mol. The Labute approximate surface area is 126 Å². The van der Waals surface area contributed by atoms with Gasteiger partial charge >= 0.3 is 0 Å². The van der Waals surface area contributed by atoms with Crippen molar-refractivity contribution in [3.63, 3.8) is 0 Å². The number of rotatable bonds is 5. The Bertz CT molecular complexity index is 491. The molecular formula is C18H23NS. The van der Waals surface area contributed by atoms with E-state index in [1.807, 2.05) is 11.3 Å². The molecule has 0 aliphatic carbocycles. The predicted octanol–water partition coefficient (Wildman–Crippen LogP) is 4.25. The molecule has 0 radical (unpaired) electrons. The van der Waals surface area contributed by atoms with E-state index in [0.717, 1.165) is 5.92 Å². The zero-order chi connectivity index (χ0) is 13.6. The third kappa shape index (κ3) is 3.94. The lowest BCUT2D eigenvalue weighted by atomic mass is 9.91. The molecule has 106 valence electrons. The highest BCUT2D eigenvalue weighted by molar-refractivity contribution is 7.07. The summed E-state index contributed by atoms with van der Waals surface area (Å²) in [6, 6.07) is 13.2. The molecule has 2 heteroatoms. The Morgan fingerprint density at radius 1 is 1.10 bits per heavy atom. The molecule has 2 heterocycles. The summed E-state index contributed by atoms with van der Waals surface area (Å²) in [5.41, 5.74) is 3.00. The highest BCUT2D eigenvalue weighted by atomic mass is 32.1. The molecule has 0 amide bonds. The number of hydrogen-bond donors (Lipinski definition) is 0. The van der Waals surface area contributed by atoms with Crippen LogP contribution in [-0.4, -0.2) is 24.5 Å². The molecule has 1 aliphatic rings. The van der Waals surface area contributed by atoms with Crippen molar-refractivity contribution in [3.05, 3.63) is 58.3 Å². The van der Waals surface area contributed by atoms with Gasteiger partial charge in [0.1, 0.15) is 0 Å². The van der Waals surface area contributed by atoms with Gasteiger partial charge in [-0.1, -0.05) is 30.3 Å². The van der Waals surface area contributed by atoms with Crippen LogP contribution in [0.5, 0.6) is 0 Å². The second kappa shape index (κ2) is 7.05. The van der Waals surface area contributed by atoms with E-state index in [9.17, 15) is 0 Å². The van der Waals surface area contributed by atoms with Crippen LogP contribution < -0.4 is 0 Å². The van der Waals surface area contributed by atoms with Crippen LogP contribution in [0.25, 0.3) is 0 Å². The maximum atomic E-state index is 2.66. The fourth-order valence-electron chi connectivity index (χ4n) is 3.19. The van der Waals surface area contributed by atoms with Gasteiger partial charge in [0, 0.05) is 13.1 Å². The van der Waals surface area contributed by atoms with Crippen molar-refractivity contribution in [2.45, 2.75) is 25.7 Å². The van der Waals surface area contributed by atoms with Crippen molar-refractivity contribution in [3.8, 4) is 0 Å². The normalized spacial score (nSPS) is 20.1. The Balaban J connectivity index is 1.49. The van der Waals surface area contributed by atoms with E-state index in [2.05, 4.69) is 52.1 Å². The van der Waals surface area contributed by atoms with Crippen molar-refractivity contribution in [2.24, 2.45) is 5.92 Å². The number of thiophene rings is 1. The molecule has 1 fully saturated rings. The van der Waals surface area contributed by atoms with Crippen LogP contribution in [0.1, 0.15) is 24.0 Å². The van der Waals surface area contributed by atoms with Crippen LogP contribution in [0.4, 0.5) is 0 Å². The molecule has 0 spiro atoms. The van der Waals surface area contributed by atoms with E-state index >= 15 is 0 Å². The molecular weight excluding hydrogens is 262 g/mol. The number of benzene rings is 1. The molecule has 2 aromatic rings. The van der Waals surface area contributed by atoms with Crippen LogP contribution in [0, 0.1) is 5.92 Å². The van der Waals surface area contributed by atoms with Gasteiger partial charge < -0.3 is 4.90 Å². The third-order valence-electron chi connectivity index (χ3n) is 4.27. The lowest BCUT2D eigenvalue weighted by molar-refractivity contribution is 0.176. The largest absolute Gasteiger partial charge is 0.303 e. The quantitative estimate of drug-likeness (QED) is 0.794. The second-order valence-corrected chi connectivity index (χ2v) is 6.66. The van der Waals surface area contributed by atoms with E-state index in [4.69, 9.17) is 0 Å². The van der Waals surface area contributed by atoms with Gasteiger partial charge in [0.05, 0.1) is 0 Å². The van der Waals surface area contributed by atoms with Gasteiger partial charge in [-0.15, -0.1) is 0 Å². The highest BCUT2D eigenvalue weighted by Gasteiger charge is 2.19. The maximum Gasteiger partial charge on any atom is 0.00222 e. The average molecular weight is 285 g/mol. The zero-order valence-electron chi connectivity index (χ0n) is 12.0. The number of nitrogens with zero attached hydrogens (tertiary/aromatic N) is 1. The van der Waals surface area contributed by atoms with E-state index in [1.165, 1.54) is 56.4 Å². The zero-order valence-corrected chi connectivity index (χ0v) is 12.8. The van der Waals surface area contributed by atoms with Gasteiger partial charge in [-0.25, -0.2) is 0 Å². The van der Waals surface area contributed by atoms with Crippen molar-refractivity contribution in [1.82, 2.24) is 4.90 Å². The fraction of sp³-hybridized carbons (Fsp3) is 0.444. The summed E-state index contributed by atoms with van der Waals surface area (Å²) in [4.78, 5) is 2.66. The first-order valence-corrected chi connectivity index (χ1v) is 8.62. The molecule has 20 heavy (non-hydrogen) atoms. The number of hydrogen-bond acceptors (Lipinski definition) is 2. The van der Waals surface area contributed by atoms with Crippen molar-refractivity contribution in [1.29, 1.82) is 0 Å². The van der Waals surface area contributed by atoms with Gasteiger partial charge in [-0.05, 0) is 66.1 Å². The first-order valence-electron chi connectivity index (χ1n) is 7.67. The minimum Gasteiger partial charge on any atom is -0.303 e. The topological polar surface area (TPSA) is 3.24 Å². The third-order valence-corrected chi connectivity index (χ3v) is 5.00. The standard InChI is InChI=1S/C18H23NS/c1-2-5-16(6-3-1)13-18-7-4-10-19(14-18)11-8-17-9-12-20-15-17/h1-3,5-6,9,12,15,18H,4,7-8,10-11,13-14H2. The molecule has 1 aromatic heterocycles. The summed E-state index contributed by atoms with van der Waals surface area (Å²) >= 11 is 1.81. The summed E-state index contributed by atoms with van der Waals surface area (Å²) in [7, 11) is 0. The first kappa shape index (κ1) is 13.8. The van der Waals surface area contributed by atoms with Gasteiger partial charge in [0.15, 0.2) is 0 Å². The van der Waals surface area contributed by atoms with Gasteiger partial charge in [0.25, 0.3) is 0 Å². The molecule has 1 atom stereocenters. The lowest BCUT2D eigenvalue weighted by Gasteiger charge is -2.32. The van der Waals surface area contributed by atoms with Crippen molar-refractivity contribution in [2.75, 3.05) is 19.6 Å².